The van der Waals surface area contributed by atoms with Crippen molar-refractivity contribution >= 4 is 11.6 Å². The molecule has 20 heavy (non-hydrogen) atoms. The topological polar surface area (TPSA) is 50.4 Å². The van der Waals surface area contributed by atoms with E-state index >= 15 is 0 Å². The highest BCUT2D eigenvalue weighted by atomic mass is 16.5. The van der Waals surface area contributed by atoms with Crippen molar-refractivity contribution in [2.45, 2.75) is 39.2 Å². The van der Waals surface area contributed by atoms with Gasteiger partial charge < -0.3 is 15.4 Å². The summed E-state index contributed by atoms with van der Waals surface area (Å²) in [6.07, 6.45) is 3.54. The molecule has 0 bridgehead atoms. The van der Waals surface area contributed by atoms with Gasteiger partial charge in [0.1, 0.15) is 0 Å². The molecule has 0 spiro atoms. The number of rotatable bonds is 5. The van der Waals surface area contributed by atoms with E-state index in [1.54, 1.807) is 0 Å². The van der Waals surface area contributed by atoms with Crippen LogP contribution in [0.3, 0.4) is 0 Å². The molecule has 0 aliphatic carbocycles. The second kappa shape index (κ2) is 7.29. The third-order valence-corrected chi connectivity index (χ3v) is 3.62. The number of hydrogen-bond donors (Lipinski definition) is 2. The molecule has 1 aromatic rings. The Kier molecular flexibility index (Phi) is 5.41. The van der Waals surface area contributed by atoms with Gasteiger partial charge in [0, 0.05) is 30.9 Å². The lowest BCUT2D eigenvalue weighted by molar-refractivity contribution is 0.0169. The summed E-state index contributed by atoms with van der Waals surface area (Å²) in [5.74, 6) is -0.0141. The van der Waals surface area contributed by atoms with Gasteiger partial charge in [0.05, 0.1) is 6.10 Å². The Hall–Kier alpha value is -1.55. The first-order chi connectivity index (χ1) is 9.70. The minimum Gasteiger partial charge on any atom is -0.385 e. The van der Waals surface area contributed by atoms with Gasteiger partial charge in [-0.1, -0.05) is 0 Å². The molecule has 0 radical (unpaired) electrons. The molecule has 4 nitrogen and oxygen atoms in total. The van der Waals surface area contributed by atoms with E-state index in [0.717, 1.165) is 42.8 Å². The van der Waals surface area contributed by atoms with E-state index in [1.807, 2.05) is 25.1 Å². The standard InChI is InChI=1S/C16H24N2O2/c1-3-17-13-7-8-15(12(2)10-13)16(19)18-11-14-6-4-5-9-20-14/h7-8,10,14,17H,3-6,9,11H2,1-2H3,(H,18,19). The maximum Gasteiger partial charge on any atom is 0.251 e. The Labute approximate surface area is 120 Å². The highest BCUT2D eigenvalue weighted by molar-refractivity contribution is 5.96. The highest BCUT2D eigenvalue weighted by Gasteiger charge is 2.16. The minimum atomic E-state index is -0.0141. The molecule has 2 N–H and O–H groups in total. The van der Waals surface area contributed by atoms with Crippen molar-refractivity contribution in [1.29, 1.82) is 0 Å². The molecular weight excluding hydrogens is 252 g/mol. The van der Waals surface area contributed by atoms with Gasteiger partial charge in [-0.05, 0) is 56.9 Å². The van der Waals surface area contributed by atoms with E-state index < -0.39 is 0 Å². The number of ether oxygens (including phenoxy) is 1. The van der Waals surface area contributed by atoms with Crippen LogP contribution in [0.25, 0.3) is 0 Å². The van der Waals surface area contributed by atoms with Gasteiger partial charge in [-0.25, -0.2) is 0 Å². The van der Waals surface area contributed by atoms with Gasteiger partial charge in [0.15, 0.2) is 0 Å². The Balaban J connectivity index is 1.91. The molecule has 1 unspecified atom stereocenters. The minimum absolute atomic E-state index is 0.0141. The summed E-state index contributed by atoms with van der Waals surface area (Å²) in [5.41, 5.74) is 2.78. The summed E-state index contributed by atoms with van der Waals surface area (Å²) in [6.45, 7) is 6.32. The molecule has 1 saturated heterocycles. The largest absolute Gasteiger partial charge is 0.385 e. The molecule has 0 aromatic heterocycles. The van der Waals surface area contributed by atoms with Gasteiger partial charge in [-0.2, -0.15) is 0 Å². The number of carbonyl (C=O) groups excluding carboxylic acids is 1. The summed E-state index contributed by atoms with van der Waals surface area (Å²) >= 11 is 0. The SMILES string of the molecule is CCNc1ccc(C(=O)NCC2CCCCO2)c(C)c1. The molecule has 1 fully saturated rings. The van der Waals surface area contributed by atoms with Crippen molar-refractivity contribution in [3.63, 3.8) is 0 Å². The lowest BCUT2D eigenvalue weighted by Crippen LogP contribution is -2.35. The van der Waals surface area contributed by atoms with Crippen LogP contribution in [0.1, 0.15) is 42.1 Å². The number of aryl methyl sites for hydroxylation is 1. The molecule has 0 saturated carbocycles. The first-order valence-corrected chi connectivity index (χ1v) is 7.45. The Morgan fingerprint density at radius 3 is 2.90 bits per heavy atom. The van der Waals surface area contributed by atoms with Gasteiger partial charge >= 0.3 is 0 Å². The molecule has 2 rings (SSSR count). The normalized spacial score (nSPS) is 18.6. The molecule has 4 heteroatoms. The van der Waals surface area contributed by atoms with Crippen LogP contribution in [0.4, 0.5) is 5.69 Å². The molecule has 1 aliphatic heterocycles. The van der Waals surface area contributed by atoms with E-state index in [-0.39, 0.29) is 12.0 Å². The Morgan fingerprint density at radius 1 is 1.40 bits per heavy atom. The van der Waals surface area contributed by atoms with Crippen LogP contribution in [0.15, 0.2) is 18.2 Å². The van der Waals surface area contributed by atoms with Crippen molar-refractivity contribution in [2.75, 3.05) is 25.0 Å². The molecule has 1 atom stereocenters. The predicted octanol–water partition coefficient (Wildman–Crippen LogP) is 2.73. The van der Waals surface area contributed by atoms with Crippen LogP contribution in [0, 0.1) is 6.92 Å². The first-order valence-electron chi connectivity index (χ1n) is 7.45. The average Bonchev–Trinajstić information content (AvgIpc) is 2.46. The fourth-order valence-corrected chi connectivity index (χ4v) is 2.50. The lowest BCUT2D eigenvalue weighted by Gasteiger charge is -2.22. The van der Waals surface area contributed by atoms with Crippen LogP contribution in [0.5, 0.6) is 0 Å². The second-order valence-electron chi connectivity index (χ2n) is 5.26. The third-order valence-electron chi connectivity index (χ3n) is 3.62. The van der Waals surface area contributed by atoms with E-state index in [2.05, 4.69) is 17.6 Å². The maximum absolute atomic E-state index is 12.2. The zero-order valence-electron chi connectivity index (χ0n) is 12.4. The third kappa shape index (κ3) is 3.97. The Morgan fingerprint density at radius 2 is 2.25 bits per heavy atom. The summed E-state index contributed by atoms with van der Waals surface area (Å²) in [7, 11) is 0. The lowest BCUT2D eigenvalue weighted by atomic mass is 10.1. The monoisotopic (exact) mass is 276 g/mol. The number of benzene rings is 1. The Bertz CT molecular complexity index is 454. The van der Waals surface area contributed by atoms with Crippen LogP contribution < -0.4 is 10.6 Å². The summed E-state index contributed by atoms with van der Waals surface area (Å²) in [6, 6.07) is 5.84. The van der Waals surface area contributed by atoms with Crippen molar-refractivity contribution in [1.82, 2.24) is 5.32 Å². The summed E-state index contributed by atoms with van der Waals surface area (Å²) < 4.78 is 5.62. The van der Waals surface area contributed by atoms with E-state index in [9.17, 15) is 4.79 Å². The molecule has 1 amide bonds. The molecule has 110 valence electrons. The van der Waals surface area contributed by atoms with E-state index in [0.29, 0.717) is 6.54 Å². The molecule has 1 aromatic carbocycles. The number of carbonyl (C=O) groups is 1. The van der Waals surface area contributed by atoms with Crippen LogP contribution in [-0.2, 0) is 4.74 Å². The molecule has 1 aliphatic rings. The van der Waals surface area contributed by atoms with Crippen molar-refractivity contribution in [3.05, 3.63) is 29.3 Å². The summed E-state index contributed by atoms with van der Waals surface area (Å²) in [4.78, 5) is 12.2. The fourth-order valence-electron chi connectivity index (χ4n) is 2.50. The van der Waals surface area contributed by atoms with Gasteiger partial charge in [-0.15, -0.1) is 0 Å². The fraction of sp³-hybridized carbons (Fsp3) is 0.562. The smallest absolute Gasteiger partial charge is 0.251 e. The zero-order valence-corrected chi connectivity index (χ0v) is 12.4. The molecule has 1 heterocycles. The van der Waals surface area contributed by atoms with Crippen molar-refractivity contribution in [2.24, 2.45) is 0 Å². The van der Waals surface area contributed by atoms with Crippen molar-refractivity contribution in [3.8, 4) is 0 Å². The number of nitrogens with one attached hydrogen (secondary N) is 2. The average molecular weight is 276 g/mol. The predicted molar refractivity (Wildman–Crippen MR) is 81.3 cm³/mol. The van der Waals surface area contributed by atoms with Crippen LogP contribution in [0.2, 0.25) is 0 Å². The second-order valence-corrected chi connectivity index (χ2v) is 5.26. The zero-order chi connectivity index (χ0) is 14.4. The van der Waals surface area contributed by atoms with Gasteiger partial charge in [0.25, 0.3) is 5.91 Å². The maximum atomic E-state index is 12.2. The number of hydrogen-bond acceptors (Lipinski definition) is 3. The highest BCUT2D eigenvalue weighted by Crippen LogP contribution is 2.16. The van der Waals surface area contributed by atoms with E-state index in [4.69, 9.17) is 4.74 Å². The van der Waals surface area contributed by atoms with Crippen LogP contribution in [-0.4, -0.2) is 31.7 Å². The molecular formula is C16H24N2O2. The van der Waals surface area contributed by atoms with Gasteiger partial charge in [-0.3, -0.25) is 4.79 Å². The first kappa shape index (κ1) is 14.9. The quantitative estimate of drug-likeness (QED) is 0.869. The van der Waals surface area contributed by atoms with Crippen LogP contribution >= 0.6 is 0 Å². The number of amides is 1. The summed E-state index contributed by atoms with van der Waals surface area (Å²) in [5, 5.41) is 6.22. The number of anilines is 1. The van der Waals surface area contributed by atoms with Crippen molar-refractivity contribution < 1.29 is 9.53 Å². The van der Waals surface area contributed by atoms with Gasteiger partial charge in [0.2, 0.25) is 0 Å². The van der Waals surface area contributed by atoms with E-state index in [1.165, 1.54) is 6.42 Å².